The van der Waals surface area contributed by atoms with Crippen molar-refractivity contribution in [3.8, 4) is 0 Å². The third-order valence-electron chi connectivity index (χ3n) is 7.32. The van der Waals surface area contributed by atoms with E-state index in [9.17, 15) is 4.39 Å². The quantitative estimate of drug-likeness (QED) is 0.505. The van der Waals surface area contributed by atoms with Crippen LogP contribution in [0.5, 0.6) is 0 Å². The molecule has 1 spiro atoms. The molecule has 0 amide bonds. The van der Waals surface area contributed by atoms with Crippen LogP contribution in [0.1, 0.15) is 56.1 Å². The Bertz CT molecular complexity index is 640. The first-order chi connectivity index (χ1) is 14.6. The van der Waals surface area contributed by atoms with Crippen LogP contribution >= 0.6 is 0 Å². The predicted molar refractivity (Wildman–Crippen MR) is 125 cm³/mol. The highest BCUT2D eigenvalue weighted by Gasteiger charge is 2.38. The highest BCUT2D eigenvalue weighted by molar-refractivity contribution is 5.25. The van der Waals surface area contributed by atoms with Crippen LogP contribution < -0.4 is 10.6 Å². The second-order valence-corrected chi connectivity index (χ2v) is 9.76. The summed E-state index contributed by atoms with van der Waals surface area (Å²) in [6.45, 7) is 11.2. The number of nitrogens with one attached hydrogen (secondary N) is 2. The molecule has 0 radical (unpaired) electrons. The molecule has 1 aromatic rings. The molecule has 4 rings (SSSR count). The normalized spacial score (nSPS) is 21.5. The fourth-order valence-corrected chi connectivity index (χ4v) is 4.92. The number of rotatable bonds is 7. The summed E-state index contributed by atoms with van der Waals surface area (Å²) < 4.78 is 13.8. The Morgan fingerprint density at radius 3 is 2.47 bits per heavy atom. The Kier molecular flexibility index (Phi) is 9.35. The monoisotopic (exact) mass is 415 g/mol. The molecule has 2 N–H and O–H groups in total. The van der Waals surface area contributed by atoms with Gasteiger partial charge >= 0.3 is 0 Å². The minimum atomic E-state index is -0.0826. The van der Waals surface area contributed by atoms with Gasteiger partial charge < -0.3 is 15.5 Å². The SMILES string of the molecule is C=CCc1ccc(CCCCC2CCNCC2)cc1F.CN1CCC2(CC1)CNC2. The summed E-state index contributed by atoms with van der Waals surface area (Å²) in [5.41, 5.74) is 2.60. The summed E-state index contributed by atoms with van der Waals surface area (Å²) in [5, 5.41) is 6.77. The topological polar surface area (TPSA) is 27.3 Å². The average Bonchev–Trinajstić information content (AvgIpc) is 2.74. The first kappa shape index (κ1) is 23.4. The van der Waals surface area contributed by atoms with Crippen LogP contribution in [0.15, 0.2) is 30.9 Å². The summed E-state index contributed by atoms with van der Waals surface area (Å²) in [6.07, 6.45) is 12.6. The van der Waals surface area contributed by atoms with Crippen molar-refractivity contribution in [2.24, 2.45) is 11.3 Å². The molecule has 3 saturated heterocycles. The summed E-state index contributed by atoms with van der Waals surface area (Å²) >= 11 is 0. The fourth-order valence-electron chi connectivity index (χ4n) is 4.92. The minimum Gasteiger partial charge on any atom is -0.317 e. The Balaban J connectivity index is 0.000000212. The van der Waals surface area contributed by atoms with Gasteiger partial charge in [0.25, 0.3) is 0 Å². The van der Waals surface area contributed by atoms with E-state index in [-0.39, 0.29) is 5.82 Å². The smallest absolute Gasteiger partial charge is 0.126 e. The number of allylic oxidation sites excluding steroid dienone is 1. The number of hydrogen-bond donors (Lipinski definition) is 2. The first-order valence-electron chi connectivity index (χ1n) is 12.1. The van der Waals surface area contributed by atoms with Gasteiger partial charge in [0.2, 0.25) is 0 Å². The second-order valence-electron chi connectivity index (χ2n) is 9.76. The Labute approximate surface area is 183 Å². The average molecular weight is 416 g/mol. The van der Waals surface area contributed by atoms with Gasteiger partial charge in [-0.25, -0.2) is 4.39 Å². The highest BCUT2D eigenvalue weighted by Crippen LogP contribution is 2.34. The lowest BCUT2D eigenvalue weighted by Gasteiger charge is -2.47. The van der Waals surface area contributed by atoms with Crippen LogP contribution in [0.2, 0.25) is 0 Å². The second kappa shape index (κ2) is 12.0. The number of piperidine rings is 2. The highest BCUT2D eigenvalue weighted by atomic mass is 19.1. The molecular weight excluding hydrogens is 373 g/mol. The molecule has 1 aromatic carbocycles. The van der Waals surface area contributed by atoms with Crippen molar-refractivity contribution in [2.75, 3.05) is 46.3 Å². The summed E-state index contributed by atoms with van der Waals surface area (Å²) in [4.78, 5) is 2.43. The van der Waals surface area contributed by atoms with Crippen molar-refractivity contribution >= 4 is 0 Å². The summed E-state index contributed by atoms with van der Waals surface area (Å²) in [5.74, 6) is 0.823. The van der Waals surface area contributed by atoms with Gasteiger partial charge in [-0.1, -0.05) is 31.1 Å². The van der Waals surface area contributed by atoms with Crippen molar-refractivity contribution in [3.63, 3.8) is 0 Å². The van der Waals surface area contributed by atoms with E-state index < -0.39 is 0 Å². The van der Waals surface area contributed by atoms with Crippen LogP contribution in [0.3, 0.4) is 0 Å². The van der Waals surface area contributed by atoms with E-state index in [1.54, 1.807) is 12.1 Å². The van der Waals surface area contributed by atoms with Crippen LogP contribution in [0.4, 0.5) is 4.39 Å². The van der Waals surface area contributed by atoms with Crippen molar-refractivity contribution in [1.82, 2.24) is 15.5 Å². The third-order valence-corrected chi connectivity index (χ3v) is 7.32. The predicted octanol–water partition coefficient (Wildman–Crippen LogP) is 4.57. The molecule has 168 valence electrons. The maximum atomic E-state index is 13.8. The number of nitrogens with zero attached hydrogens (tertiary/aromatic N) is 1. The van der Waals surface area contributed by atoms with Gasteiger partial charge in [-0.05, 0) is 107 Å². The third kappa shape index (κ3) is 7.18. The van der Waals surface area contributed by atoms with E-state index in [0.29, 0.717) is 6.42 Å². The van der Waals surface area contributed by atoms with Gasteiger partial charge in [0, 0.05) is 13.1 Å². The van der Waals surface area contributed by atoms with Crippen molar-refractivity contribution < 1.29 is 4.39 Å². The van der Waals surface area contributed by atoms with Gasteiger partial charge in [-0.3, -0.25) is 0 Å². The largest absolute Gasteiger partial charge is 0.317 e. The van der Waals surface area contributed by atoms with Crippen molar-refractivity contribution in [2.45, 2.75) is 57.8 Å². The van der Waals surface area contributed by atoms with E-state index in [4.69, 9.17) is 0 Å². The zero-order valence-corrected chi connectivity index (χ0v) is 19.0. The van der Waals surface area contributed by atoms with Gasteiger partial charge in [0.15, 0.2) is 0 Å². The lowest BCUT2D eigenvalue weighted by Crippen LogP contribution is -2.57. The number of halogens is 1. The number of aryl methyl sites for hydroxylation is 1. The molecule has 0 unspecified atom stereocenters. The molecular formula is C26H42FN3. The number of unbranched alkanes of at least 4 members (excludes halogenated alkanes) is 1. The Morgan fingerprint density at radius 1 is 1.13 bits per heavy atom. The van der Waals surface area contributed by atoms with Crippen LogP contribution in [0, 0.1) is 17.2 Å². The minimum absolute atomic E-state index is 0.0826. The molecule has 0 aromatic heterocycles. The van der Waals surface area contributed by atoms with Gasteiger partial charge in [-0.15, -0.1) is 6.58 Å². The Morgan fingerprint density at radius 2 is 1.87 bits per heavy atom. The van der Waals surface area contributed by atoms with Crippen molar-refractivity contribution in [3.05, 3.63) is 47.8 Å². The zero-order chi connectivity index (χ0) is 21.2. The number of likely N-dealkylation sites (tertiary alicyclic amines) is 1. The first-order valence-corrected chi connectivity index (χ1v) is 12.1. The van der Waals surface area contributed by atoms with E-state index in [1.165, 1.54) is 84.2 Å². The molecule has 3 nitrogen and oxygen atoms in total. The van der Waals surface area contributed by atoms with Crippen LogP contribution in [0.25, 0.3) is 0 Å². The zero-order valence-electron chi connectivity index (χ0n) is 19.0. The summed E-state index contributed by atoms with van der Waals surface area (Å²) in [6, 6.07) is 5.66. The number of hydrogen-bond acceptors (Lipinski definition) is 3. The lowest BCUT2D eigenvalue weighted by molar-refractivity contribution is 0.0671. The standard InChI is InChI=1S/C18H26FN.C8H16N2/c1-2-5-17-9-8-16(14-18(17)19)7-4-3-6-15-10-12-20-13-11-15;1-10-4-2-8(3-5-10)6-9-7-8/h2,8-9,14-15,20H,1,3-7,10-13H2;9H,2-7H2,1H3. The molecule has 0 aliphatic carbocycles. The maximum absolute atomic E-state index is 13.8. The van der Waals surface area contributed by atoms with Gasteiger partial charge in [0.1, 0.15) is 5.82 Å². The fraction of sp³-hybridized carbons (Fsp3) is 0.692. The molecule has 0 atom stereocenters. The molecule has 4 heteroatoms. The van der Waals surface area contributed by atoms with E-state index >= 15 is 0 Å². The van der Waals surface area contributed by atoms with Crippen LogP contribution in [-0.2, 0) is 12.8 Å². The van der Waals surface area contributed by atoms with E-state index in [0.717, 1.165) is 28.9 Å². The summed E-state index contributed by atoms with van der Waals surface area (Å²) in [7, 11) is 2.22. The molecule has 3 aliphatic rings. The van der Waals surface area contributed by atoms with E-state index in [2.05, 4.69) is 35.2 Å². The molecule has 3 aliphatic heterocycles. The van der Waals surface area contributed by atoms with Gasteiger partial charge in [0.05, 0.1) is 0 Å². The number of benzene rings is 1. The molecule has 0 saturated carbocycles. The Hall–Kier alpha value is -1.23. The maximum Gasteiger partial charge on any atom is 0.126 e. The molecule has 3 heterocycles. The molecule has 30 heavy (non-hydrogen) atoms. The molecule has 3 fully saturated rings. The molecule has 0 bridgehead atoms. The van der Waals surface area contributed by atoms with Gasteiger partial charge in [-0.2, -0.15) is 0 Å². The van der Waals surface area contributed by atoms with E-state index in [1.807, 2.05) is 6.07 Å². The van der Waals surface area contributed by atoms with Crippen molar-refractivity contribution in [1.29, 1.82) is 0 Å². The lowest BCUT2D eigenvalue weighted by atomic mass is 9.74. The van der Waals surface area contributed by atoms with Crippen LogP contribution in [-0.4, -0.2) is 51.2 Å².